The Bertz CT molecular complexity index is 757. The molecule has 0 saturated heterocycles. The van der Waals surface area contributed by atoms with Crippen LogP contribution in [0.15, 0.2) is 24.4 Å². The summed E-state index contributed by atoms with van der Waals surface area (Å²) in [4.78, 5) is 21.5. The summed E-state index contributed by atoms with van der Waals surface area (Å²) in [6, 6.07) is 5.63. The van der Waals surface area contributed by atoms with Crippen LogP contribution in [0.4, 0.5) is 5.95 Å². The minimum absolute atomic E-state index is 0.0604. The zero-order valence-electron chi connectivity index (χ0n) is 15.5. The number of benzene rings is 1. The van der Waals surface area contributed by atoms with Gasteiger partial charge in [0.15, 0.2) is 0 Å². The number of fused-ring (bicyclic) bond motifs is 1. The van der Waals surface area contributed by atoms with Crippen LogP contribution in [-0.4, -0.2) is 39.7 Å². The Hall–Kier alpha value is -2.21. The van der Waals surface area contributed by atoms with Crippen molar-refractivity contribution in [3.63, 3.8) is 0 Å². The van der Waals surface area contributed by atoms with Crippen LogP contribution in [0.1, 0.15) is 56.3 Å². The number of nitrogens with zero attached hydrogens (tertiary/aromatic N) is 2. The van der Waals surface area contributed by atoms with Crippen molar-refractivity contribution in [1.82, 2.24) is 15.3 Å². The summed E-state index contributed by atoms with van der Waals surface area (Å²) in [5.41, 5.74) is 1.29. The Morgan fingerprint density at radius 1 is 1.31 bits per heavy atom. The average molecular weight is 356 g/mol. The molecule has 1 aromatic heterocycles. The molecule has 3 N–H and O–H groups in total. The van der Waals surface area contributed by atoms with Gasteiger partial charge in [0, 0.05) is 23.2 Å². The van der Waals surface area contributed by atoms with Gasteiger partial charge in [0.25, 0.3) is 5.91 Å². The highest BCUT2D eigenvalue weighted by Gasteiger charge is 2.17. The van der Waals surface area contributed by atoms with Gasteiger partial charge in [0.1, 0.15) is 0 Å². The molecule has 1 saturated carbocycles. The molecule has 0 bridgehead atoms. The van der Waals surface area contributed by atoms with Crippen molar-refractivity contribution >= 4 is 22.8 Å². The van der Waals surface area contributed by atoms with Crippen molar-refractivity contribution in [2.75, 3.05) is 11.9 Å². The van der Waals surface area contributed by atoms with Gasteiger partial charge in [-0.25, -0.2) is 9.97 Å². The van der Waals surface area contributed by atoms with Gasteiger partial charge in [-0.2, -0.15) is 0 Å². The first-order valence-corrected chi connectivity index (χ1v) is 9.50. The summed E-state index contributed by atoms with van der Waals surface area (Å²) < 4.78 is 0. The Balaban J connectivity index is 1.74. The van der Waals surface area contributed by atoms with Crippen molar-refractivity contribution in [2.24, 2.45) is 5.92 Å². The van der Waals surface area contributed by atoms with Crippen LogP contribution < -0.4 is 10.6 Å². The third-order valence-electron chi connectivity index (χ3n) is 4.84. The third-order valence-corrected chi connectivity index (χ3v) is 4.84. The number of carbonyl (C=O) groups is 1. The van der Waals surface area contributed by atoms with Crippen LogP contribution in [0.25, 0.3) is 10.9 Å². The number of rotatable bonds is 7. The number of aliphatic hydroxyl groups is 1. The number of nitrogens with one attached hydrogen (secondary N) is 2. The van der Waals surface area contributed by atoms with Gasteiger partial charge in [-0.15, -0.1) is 0 Å². The van der Waals surface area contributed by atoms with E-state index in [4.69, 9.17) is 0 Å². The molecule has 0 spiro atoms. The predicted molar refractivity (Wildman–Crippen MR) is 103 cm³/mol. The van der Waals surface area contributed by atoms with E-state index in [9.17, 15) is 9.90 Å². The van der Waals surface area contributed by atoms with Crippen LogP contribution in [0, 0.1) is 5.92 Å². The number of anilines is 1. The highest BCUT2D eigenvalue weighted by Crippen LogP contribution is 2.22. The second-order valence-corrected chi connectivity index (χ2v) is 7.58. The lowest BCUT2D eigenvalue weighted by atomic mass is 10.0. The smallest absolute Gasteiger partial charge is 0.251 e. The van der Waals surface area contributed by atoms with Gasteiger partial charge in [-0.05, 0) is 37.3 Å². The van der Waals surface area contributed by atoms with Crippen LogP contribution in [-0.2, 0) is 0 Å². The molecule has 0 radical (unpaired) electrons. The first-order chi connectivity index (χ1) is 12.5. The molecule has 1 unspecified atom stereocenters. The molecule has 1 aliphatic rings. The monoisotopic (exact) mass is 356 g/mol. The topological polar surface area (TPSA) is 87.1 Å². The number of aromatic nitrogens is 2. The summed E-state index contributed by atoms with van der Waals surface area (Å²) in [6.07, 6.45) is 7.34. The van der Waals surface area contributed by atoms with E-state index in [0.717, 1.165) is 30.2 Å². The maximum absolute atomic E-state index is 12.5. The van der Waals surface area contributed by atoms with Crippen LogP contribution in [0.2, 0.25) is 0 Å². The number of hydrogen-bond donors (Lipinski definition) is 3. The molecule has 0 aliphatic heterocycles. The Morgan fingerprint density at radius 2 is 2.08 bits per heavy atom. The fourth-order valence-corrected chi connectivity index (χ4v) is 3.50. The summed E-state index contributed by atoms with van der Waals surface area (Å²) in [5.74, 6) is 0.839. The van der Waals surface area contributed by atoms with E-state index >= 15 is 0 Å². The Labute approximate surface area is 154 Å². The van der Waals surface area contributed by atoms with Gasteiger partial charge in [0.2, 0.25) is 5.95 Å². The van der Waals surface area contributed by atoms with Crippen molar-refractivity contribution in [1.29, 1.82) is 0 Å². The lowest BCUT2D eigenvalue weighted by molar-refractivity contribution is 0.0908. The summed E-state index contributed by atoms with van der Waals surface area (Å²) in [5, 5.41) is 16.7. The zero-order valence-corrected chi connectivity index (χ0v) is 15.5. The fraction of sp³-hybridized carbons (Fsp3) is 0.550. The van der Waals surface area contributed by atoms with Gasteiger partial charge >= 0.3 is 0 Å². The highest BCUT2D eigenvalue weighted by atomic mass is 16.3. The lowest BCUT2D eigenvalue weighted by Gasteiger charge is -2.18. The fourth-order valence-electron chi connectivity index (χ4n) is 3.50. The summed E-state index contributed by atoms with van der Waals surface area (Å²) in [6.45, 7) is 4.08. The molecule has 6 nitrogen and oxygen atoms in total. The molecular weight excluding hydrogens is 328 g/mol. The minimum Gasteiger partial charge on any atom is -0.394 e. The van der Waals surface area contributed by atoms with Gasteiger partial charge in [-0.3, -0.25) is 4.79 Å². The number of hydrogen-bond acceptors (Lipinski definition) is 5. The van der Waals surface area contributed by atoms with Gasteiger partial charge in [0.05, 0.1) is 18.2 Å². The largest absolute Gasteiger partial charge is 0.394 e. The van der Waals surface area contributed by atoms with E-state index in [1.54, 1.807) is 18.3 Å². The van der Waals surface area contributed by atoms with Crippen molar-refractivity contribution in [3.8, 4) is 0 Å². The molecule has 140 valence electrons. The van der Waals surface area contributed by atoms with E-state index in [2.05, 4.69) is 34.4 Å². The van der Waals surface area contributed by atoms with Gasteiger partial charge in [-0.1, -0.05) is 32.8 Å². The van der Waals surface area contributed by atoms with Crippen LogP contribution in [0.3, 0.4) is 0 Å². The van der Waals surface area contributed by atoms with Crippen molar-refractivity contribution in [2.45, 2.75) is 58.0 Å². The zero-order chi connectivity index (χ0) is 18.5. The summed E-state index contributed by atoms with van der Waals surface area (Å²) >= 11 is 0. The first kappa shape index (κ1) is 18.6. The number of aliphatic hydroxyl groups excluding tert-OH is 1. The maximum Gasteiger partial charge on any atom is 0.251 e. The van der Waals surface area contributed by atoms with E-state index in [-0.39, 0.29) is 18.6 Å². The standard InChI is InChI=1S/C20H28N4O2/c1-13(2)9-17(12-25)22-19(26)14-7-8-15-11-21-20(24-18(15)10-14)23-16-5-3-4-6-16/h7-8,10-11,13,16-17,25H,3-6,9,12H2,1-2H3,(H,22,26)(H,21,23,24). The third kappa shape index (κ3) is 4.69. The van der Waals surface area contributed by atoms with Crippen LogP contribution >= 0.6 is 0 Å². The molecule has 2 aromatic rings. The first-order valence-electron chi connectivity index (χ1n) is 9.50. The van der Waals surface area contributed by atoms with E-state index in [0.29, 0.717) is 23.5 Å². The molecule has 1 fully saturated rings. The van der Waals surface area contributed by atoms with Gasteiger partial charge < -0.3 is 15.7 Å². The highest BCUT2D eigenvalue weighted by molar-refractivity contribution is 5.97. The second kappa shape index (κ2) is 8.45. The molecule has 1 aliphatic carbocycles. The Morgan fingerprint density at radius 3 is 2.77 bits per heavy atom. The molecule has 3 rings (SSSR count). The molecule has 26 heavy (non-hydrogen) atoms. The number of amides is 1. The maximum atomic E-state index is 12.5. The average Bonchev–Trinajstić information content (AvgIpc) is 3.13. The predicted octanol–water partition coefficient (Wildman–Crippen LogP) is 3.12. The quantitative estimate of drug-likeness (QED) is 0.709. The van der Waals surface area contributed by atoms with E-state index in [1.807, 2.05) is 6.07 Å². The molecule has 1 aromatic carbocycles. The Kier molecular flexibility index (Phi) is 6.04. The second-order valence-electron chi connectivity index (χ2n) is 7.58. The summed E-state index contributed by atoms with van der Waals surface area (Å²) in [7, 11) is 0. The van der Waals surface area contributed by atoms with Crippen molar-refractivity contribution < 1.29 is 9.90 Å². The molecule has 1 atom stereocenters. The molecule has 1 amide bonds. The van der Waals surface area contributed by atoms with Crippen molar-refractivity contribution in [3.05, 3.63) is 30.0 Å². The van der Waals surface area contributed by atoms with E-state index in [1.165, 1.54) is 12.8 Å². The lowest BCUT2D eigenvalue weighted by Crippen LogP contribution is -2.38. The number of carbonyl (C=O) groups excluding carboxylic acids is 1. The molecular formula is C20H28N4O2. The minimum atomic E-state index is -0.233. The van der Waals surface area contributed by atoms with Crippen LogP contribution in [0.5, 0.6) is 0 Å². The molecule has 1 heterocycles. The van der Waals surface area contributed by atoms with E-state index < -0.39 is 0 Å². The SMILES string of the molecule is CC(C)CC(CO)NC(=O)c1ccc2cnc(NC3CCCC3)nc2c1. The normalized spacial score (nSPS) is 16.2. The molecule has 6 heteroatoms.